The summed E-state index contributed by atoms with van der Waals surface area (Å²) in [5.74, 6) is 1.68. The largest absolute Gasteiger partial charge is 0.462 e. The standard InChI is InChI=1S/C58H112O6/c1-7-54(6)46-40-34-28-24-25-31-37-43-49-58(61)64-55(51-63-57(60)48-42-36-30-23-19-15-14-17-21-27-33-39-45-53(4)5)50-62-56(59)47-41-35-29-22-18-13-11-9-8-10-12-16-20-26-32-38-44-52(2)3/h52-55H,7-51H2,1-6H3/t54?,55-/m1/s1. The van der Waals surface area contributed by atoms with Crippen LogP contribution in [0.3, 0.4) is 0 Å². The van der Waals surface area contributed by atoms with Crippen molar-refractivity contribution in [1.82, 2.24) is 0 Å². The summed E-state index contributed by atoms with van der Waals surface area (Å²) in [4.78, 5) is 38.1. The number of unbranched alkanes of at least 4 members (excludes halogenated alkanes) is 33. The maximum atomic E-state index is 12.8. The van der Waals surface area contributed by atoms with Crippen molar-refractivity contribution in [3.8, 4) is 0 Å². The lowest BCUT2D eigenvalue weighted by Crippen LogP contribution is -2.30. The van der Waals surface area contributed by atoms with Gasteiger partial charge in [0.15, 0.2) is 6.10 Å². The Balaban J connectivity index is 4.27. The van der Waals surface area contributed by atoms with Crippen molar-refractivity contribution in [2.24, 2.45) is 17.8 Å². The van der Waals surface area contributed by atoms with E-state index in [1.807, 2.05) is 0 Å². The van der Waals surface area contributed by atoms with E-state index >= 15 is 0 Å². The van der Waals surface area contributed by atoms with Crippen LogP contribution in [0.5, 0.6) is 0 Å². The minimum atomic E-state index is -0.764. The van der Waals surface area contributed by atoms with E-state index < -0.39 is 6.10 Å². The zero-order chi connectivity index (χ0) is 47.0. The number of esters is 3. The fraction of sp³-hybridized carbons (Fsp3) is 0.948. The summed E-state index contributed by atoms with van der Waals surface area (Å²) in [6.45, 7) is 13.8. The smallest absolute Gasteiger partial charge is 0.306 e. The monoisotopic (exact) mass is 905 g/mol. The predicted molar refractivity (Wildman–Crippen MR) is 275 cm³/mol. The first kappa shape index (κ1) is 62.4. The van der Waals surface area contributed by atoms with Crippen molar-refractivity contribution in [1.29, 1.82) is 0 Å². The Hall–Kier alpha value is -1.59. The summed E-state index contributed by atoms with van der Waals surface area (Å²) >= 11 is 0. The molecule has 0 aromatic carbocycles. The van der Waals surface area contributed by atoms with Crippen molar-refractivity contribution in [2.45, 2.75) is 324 Å². The van der Waals surface area contributed by atoms with Gasteiger partial charge in [-0.1, -0.05) is 279 Å². The number of hydrogen-bond donors (Lipinski definition) is 0. The minimum Gasteiger partial charge on any atom is -0.462 e. The average molecular weight is 906 g/mol. The van der Waals surface area contributed by atoms with Gasteiger partial charge in [-0.2, -0.15) is 0 Å². The molecule has 0 saturated heterocycles. The second kappa shape index (κ2) is 49.3. The number of carbonyl (C=O) groups is 3. The molecule has 0 aromatic heterocycles. The Labute approximate surface area is 399 Å². The highest BCUT2D eigenvalue weighted by molar-refractivity contribution is 5.71. The van der Waals surface area contributed by atoms with Gasteiger partial charge in [-0.15, -0.1) is 0 Å². The van der Waals surface area contributed by atoms with Crippen LogP contribution in [0.1, 0.15) is 318 Å². The molecule has 0 aliphatic heterocycles. The Kier molecular flexibility index (Phi) is 48.1. The van der Waals surface area contributed by atoms with Crippen molar-refractivity contribution < 1.29 is 28.6 Å². The van der Waals surface area contributed by atoms with Gasteiger partial charge in [0.05, 0.1) is 0 Å². The van der Waals surface area contributed by atoms with E-state index in [0.717, 1.165) is 75.5 Å². The Morgan fingerprint density at radius 1 is 0.312 bits per heavy atom. The fourth-order valence-corrected chi connectivity index (χ4v) is 8.79. The number of hydrogen-bond acceptors (Lipinski definition) is 6. The Morgan fingerprint density at radius 3 is 0.812 bits per heavy atom. The van der Waals surface area contributed by atoms with Crippen molar-refractivity contribution in [3.63, 3.8) is 0 Å². The summed E-state index contributed by atoms with van der Waals surface area (Å²) in [5.41, 5.74) is 0. The minimum absolute atomic E-state index is 0.0640. The molecule has 380 valence electrons. The van der Waals surface area contributed by atoms with Gasteiger partial charge in [0.25, 0.3) is 0 Å². The van der Waals surface area contributed by atoms with E-state index in [9.17, 15) is 14.4 Å². The van der Waals surface area contributed by atoms with Crippen LogP contribution in [0, 0.1) is 17.8 Å². The quantitative estimate of drug-likeness (QED) is 0.0344. The summed E-state index contributed by atoms with van der Waals surface area (Å²) in [5, 5.41) is 0. The van der Waals surface area contributed by atoms with E-state index in [0.29, 0.717) is 19.3 Å². The normalized spacial score (nSPS) is 12.6. The summed E-state index contributed by atoms with van der Waals surface area (Å²) in [7, 11) is 0. The van der Waals surface area contributed by atoms with Crippen LogP contribution in [0.4, 0.5) is 0 Å². The van der Waals surface area contributed by atoms with E-state index in [-0.39, 0.29) is 31.1 Å². The maximum absolute atomic E-state index is 12.8. The van der Waals surface area contributed by atoms with Gasteiger partial charge in [0.1, 0.15) is 13.2 Å². The van der Waals surface area contributed by atoms with Crippen molar-refractivity contribution in [2.75, 3.05) is 13.2 Å². The molecule has 0 aromatic rings. The van der Waals surface area contributed by atoms with E-state index in [4.69, 9.17) is 14.2 Å². The molecule has 0 N–H and O–H groups in total. The number of carbonyl (C=O) groups excluding carboxylic acids is 3. The molecule has 0 aliphatic carbocycles. The summed E-state index contributed by atoms with van der Waals surface area (Å²) in [6.07, 6.45) is 50.9. The molecule has 6 nitrogen and oxygen atoms in total. The predicted octanol–water partition coefficient (Wildman–Crippen LogP) is 18.7. The van der Waals surface area contributed by atoms with E-state index in [1.54, 1.807) is 0 Å². The van der Waals surface area contributed by atoms with Gasteiger partial charge in [-0.05, 0) is 37.0 Å². The van der Waals surface area contributed by atoms with Crippen LogP contribution in [0.2, 0.25) is 0 Å². The molecule has 2 atom stereocenters. The highest BCUT2D eigenvalue weighted by Gasteiger charge is 2.19. The Morgan fingerprint density at radius 2 is 0.547 bits per heavy atom. The molecule has 0 saturated carbocycles. The second-order valence-electron chi connectivity index (χ2n) is 21.1. The highest BCUT2D eigenvalue weighted by Crippen LogP contribution is 2.19. The first-order valence-electron chi connectivity index (χ1n) is 28.6. The second-order valence-corrected chi connectivity index (χ2v) is 21.1. The third-order valence-electron chi connectivity index (χ3n) is 13.5. The third-order valence-corrected chi connectivity index (χ3v) is 13.5. The zero-order valence-electron chi connectivity index (χ0n) is 44.1. The van der Waals surface area contributed by atoms with Gasteiger partial charge in [-0.3, -0.25) is 14.4 Å². The number of rotatable bonds is 51. The van der Waals surface area contributed by atoms with Crippen LogP contribution in [0.15, 0.2) is 0 Å². The first-order valence-corrected chi connectivity index (χ1v) is 28.6. The van der Waals surface area contributed by atoms with Gasteiger partial charge < -0.3 is 14.2 Å². The zero-order valence-corrected chi connectivity index (χ0v) is 44.1. The summed E-state index contributed by atoms with van der Waals surface area (Å²) in [6, 6.07) is 0. The van der Waals surface area contributed by atoms with Crippen LogP contribution in [-0.2, 0) is 28.6 Å². The van der Waals surface area contributed by atoms with E-state index in [2.05, 4.69) is 41.5 Å². The first-order chi connectivity index (χ1) is 31.1. The molecule has 0 bridgehead atoms. The van der Waals surface area contributed by atoms with Crippen molar-refractivity contribution >= 4 is 17.9 Å². The lowest BCUT2D eigenvalue weighted by Gasteiger charge is -2.18. The molecule has 0 radical (unpaired) electrons. The van der Waals surface area contributed by atoms with Gasteiger partial charge in [-0.25, -0.2) is 0 Å². The van der Waals surface area contributed by atoms with Gasteiger partial charge >= 0.3 is 17.9 Å². The molecule has 0 rings (SSSR count). The molecule has 0 spiro atoms. The van der Waals surface area contributed by atoms with E-state index in [1.165, 1.54) is 199 Å². The molecular weight excluding hydrogens is 793 g/mol. The van der Waals surface area contributed by atoms with Gasteiger partial charge in [0, 0.05) is 19.3 Å². The molecule has 6 heteroatoms. The molecule has 0 aliphatic rings. The summed E-state index contributed by atoms with van der Waals surface area (Å²) < 4.78 is 16.9. The molecule has 0 heterocycles. The SMILES string of the molecule is CCC(C)CCCCCCCCCCC(=O)O[C@H](COC(=O)CCCCCCCCCCCCCCCCCCC(C)C)COC(=O)CCCCCCCCCCCCCCC(C)C. The molecule has 0 fully saturated rings. The van der Waals surface area contributed by atoms with Crippen LogP contribution >= 0.6 is 0 Å². The Bertz CT molecular complexity index is 993. The van der Waals surface area contributed by atoms with Crippen molar-refractivity contribution in [3.05, 3.63) is 0 Å². The highest BCUT2D eigenvalue weighted by atomic mass is 16.6. The lowest BCUT2D eigenvalue weighted by atomic mass is 9.99. The maximum Gasteiger partial charge on any atom is 0.306 e. The average Bonchev–Trinajstić information content (AvgIpc) is 3.27. The lowest BCUT2D eigenvalue weighted by molar-refractivity contribution is -0.167. The van der Waals surface area contributed by atoms with Crippen LogP contribution < -0.4 is 0 Å². The topological polar surface area (TPSA) is 78.9 Å². The molecule has 0 amide bonds. The number of ether oxygens (including phenoxy) is 3. The van der Waals surface area contributed by atoms with Gasteiger partial charge in [0.2, 0.25) is 0 Å². The molecule has 1 unspecified atom stereocenters. The van der Waals surface area contributed by atoms with Crippen LogP contribution in [0.25, 0.3) is 0 Å². The fourth-order valence-electron chi connectivity index (χ4n) is 8.79. The third kappa shape index (κ3) is 49.8. The molecular formula is C58H112O6. The van der Waals surface area contributed by atoms with Crippen LogP contribution in [-0.4, -0.2) is 37.2 Å². The molecule has 64 heavy (non-hydrogen) atoms.